The van der Waals surface area contributed by atoms with Crippen LogP contribution in [0.15, 0.2) is 121 Å². The molecule has 0 heterocycles. The highest BCUT2D eigenvalue weighted by Crippen LogP contribution is 2.42. The van der Waals surface area contributed by atoms with Crippen LogP contribution in [-0.4, -0.2) is 35.5 Å². The van der Waals surface area contributed by atoms with Crippen molar-refractivity contribution < 1.29 is 27.7 Å². The van der Waals surface area contributed by atoms with Crippen molar-refractivity contribution in [3.63, 3.8) is 0 Å². The number of carboxylic acid groups (broad SMARTS) is 1. The normalized spacial score (nSPS) is 14.2. The molecule has 0 fully saturated rings. The first-order chi connectivity index (χ1) is 23.2. The van der Waals surface area contributed by atoms with E-state index in [1.165, 1.54) is 18.2 Å². The van der Waals surface area contributed by atoms with E-state index in [1.807, 2.05) is 24.3 Å². The van der Waals surface area contributed by atoms with Crippen molar-refractivity contribution in [2.45, 2.75) is 18.7 Å². The lowest BCUT2D eigenvalue weighted by Gasteiger charge is -2.10. The van der Waals surface area contributed by atoms with Gasteiger partial charge in [0, 0.05) is 5.02 Å². The molecule has 0 aromatic heterocycles. The molecule has 0 saturated heterocycles. The highest BCUT2D eigenvalue weighted by atomic mass is 35.5. The Morgan fingerprint density at radius 3 is 2.06 bits per heavy atom. The lowest BCUT2D eigenvalue weighted by atomic mass is 10.0. The fraction of sp³-hybridized carbons (Fsp3) is 0.0606. The summed E-state index contributed by atoms with van der Waals surface area (Å²) in [6, 6.07) is 18.7. The first-order valence-electron chi connectivity index (χ1n) is 14.2. The van der Waals surface area contributed by atoms with Crippen molar-refractivity contribution in [2.24, 2.45) is 25.6 Å². The molecule has 248 valence electrons. The van der Waals surface area contributed by atoms with E-state index >= 15 is 0 Å². The molecule has 0 spiro atoms. The Labute approximate surface area is 285 Å². The molecule has 0 atom stereocenters. The number of nitrogens with zero attached hydrogens (tertiary/aromatic N) is 5. The summed E-state index contributed by atoms with van der Waals surface area (Å²) in [5.41, 5.74) is 19.8. The number of anilines is 3. The monoisotopic (exact) mass is 698 g/mol. The predicted octanol–water partition coefficient (Wildman–Crippen LogP) is 7.78. The number of nitrogens with one attached hydrogen (secondary N) is 1. The zero-order valence-electron chi connectivity index (χ0n) is 25.8. The van der Waals surface area contributed by atoms with Crippen molar-refractivity contribution in [2.75, 3.05) is 16.9 Å². The van der Waals surface area contributed by atoms with Gasteiger partial charge in [0.15, 0.2) is 5.78 Å². The number of carbonyl (C=O) groups is 2. The van der Waals surface area contributed by atoms with Crippen molar-refractivity contribution in [3.05, 3.63) is 107 Å². The summed E-state index contributed by atoms with van der Waals surface area (Å²) >= 11 is 6.04. The number of benzene rings is 4. The minimum atomic E-state index is -4.66. The lowest BCUT2D eigenvalue weighted by molar-refractivity contribution is -0.134. The Morgan fingerprint density at radius 2 is 1.43 bits per heavy atom. The number of rotatable bonds is 9. The largest absolute Gasteiger partial charge is 0.478 e. The molecule has 1 aliphatic rings. The third-order valence-electron chi connectivity index (χ3n) is 7.21. The predicted molar refractivity (Wildman–Crippen MR) is 187 cm³/mol. The topological polar surface area (TPSA) is 235 Å². The quantitative estimate of drug-likeness (QED) is 0.0286. The molecule has 7 N–H and O–H groups in total. The minimum absolute atomic E-state index is 0.0503. The van der Waals surface area contributed by atoms with Crippen LogP contribution in [0.25, 0.3) is 11.1 Å². The van der Waals surface area contributed by atoms with E-state index in [4.69, 9.17) is 28.2 Å². The van der Waals surface area contributed by atoms with Crippen LogP contribution >= 0.6 is 11.6 Å². The number of azo groups is 2. The Morgan fingerprint density at radius 1 is 0.816 bits per heavy atom. The maximum atomic E-state index is 11.9. The van der Waals surface area contributed by atoms with Crippen LogP contribution in [0.3, 0.4) is 0 Å². The number of aryl methyl sites for hydroxylation is 2. The van der Waals surface area contributed by atoms with Crippen LogP contribution in [0.4, 0.5) is 39.8 Å². The van der Waals surface area contributed by atoms with Gasteiger partial charge in [0.2, 0.25) is 0 Å². The van der Waals surface area contributed by atoms with E-state index in [0.717, 1.165) is 23.3 Å². The highest BCUT2D eigenvalue weighted by molar-refractivity contribution is 7.86. The van der Waals surface area contributed by atoms with Crippen LogP contribution in [0.2, 0.25) is 5.02 Å². The molecular formula is C33H27ClN8O6S. The average molecular weight is 699 g/mol. The van der Waals surface area contributed by atoms with Gasteiger partial charge in [-0.2, -0.15) is 18.6 Å². The number of aliphatic carboxylic acids is 1. The zero-order chi connectivity index (χ0) is 35.5. The molecule has 16 heteroatoms. The highest BCUT2D eigenvalue weighted by Gasteiger charge is 2.20. The van der Waals surface area contributed by atoms with Gasteiger partial charge in [0.1, 0.15) is 27.5 Å². The second-order valence-electron chi connectivity index (χ2n) is 10.7. The number of carboxylic acids is 1. The molecular weight excluding hydrogens is 672 g/mol. The molecule has 4 aromatic carbocycles. The second-order valence-corrected chi connectivity index (χ2v) is 12.5. The molecule has 14 nitrogen and oxygen atoms in total. The molecule has 1 aliphatic carbocycles. The maximum absolute atomic E-state index is 11.9. The number of allylic oxidation sites excluding steroid dienone is 3. The molecule has 0 unspecified atom stereocenters. The van der Waals surface area contributed by atoms with E-state index in [-0.39, 0.29) is 39.0 Å². The summed E-state index contributed by atoms with van der Waals surface area (Å²) in [5.74, 6) is -1.91. The van der Waals surface area contributed by atoms with Crippen LogP contribution in [0, 0.1) is 13.8 Å². The number of hydrogen-bond donors (Lipinski definition) is 5. The number of carbonyl (C=O) groups excluding carboxylic acids is 1. The molecule has 4 aromatic rings. The minimum Gasteiger partial charge on any atom is -0.478 e. The molecule has 49 heavy (non-hydrogen) atoms. The smallest absolute Gasteiger partial charge is 0.339 e. The van der Waals surface area contributed by atoms with Gasteiger partial charge >= 0.3 is 5.97 Å². The summed E-state index contributed by atoms with van der Waals surface area (Å²) in [6.45, 7) is 3.36. The van der Waals surface area contributed by atoms with Crippen molar-refractivity contribution in [1.82, 2.24) is 0 Å². The fourth-order valence-electron chi connectivity index (χ4n) is 4.49. The van der Waals surface area contributed by atoms with Gasteiger partial charge in [-0.25, -0.2) is 4.79 Å². The Balaban J connectivity index is 1.32. The van der Waals surface area contributed by atoms with E-state index in [0.29, 0.717) is 28.2 Å². The Kier molecular flexibility index (Phi) is 9.79. The summed E-state index contributed by atoms with van der Waals surface area (Å²) < 4.78 is 33.4. The standard InChI is InChI=1S/C33H27ClN8O6S/c1-17-13-26(29(16-25(17)34)49(46,47)48)40-42-32-30(35)18(2)14-27(31(32)36)41-38-22-9-5-20(6-10-22)19-3-7-21(8-4-19)37-39-23-11-12-28(43)24(15-23)33(44)45/h3-16,37H,35-36H2,1-2H3,(H,44,45)(H,46,47,48)/b39-23-,41-38?,42-40?. The maximum Gasteiger partial charge on any atom is 0.339 e. The van der Waals surface area contributed by atoms with Gasteiger partial charge in [0.05, 0.1) is 28.5 Å². The molecule has 0 amide bonds. The number of hydrogen-bond acceptors (Lipinski definition) is 12. The van der Waals surface area contributed by atoms with Crippen LogP contribution in [0.1, 0.15) is 11.1 Å². The van der Waals surface area contributed by atoms with Crippen LogP contribution < -0.4 is 16.9 Å². The Hall–Kier alpha value is -6.03. The Bertz CT molecular complexity index is 2260. The van der Waals surface area contributed by atoms with Gasteiger partial charge in [-0.3, -0.25) is 14.8 Å². The van der Waals surface area contributed by atoms with Crippen molar-refractivity contribution in [3.8, 4) is 11.1 Å². The van der Waals surface area contributed by atoms with Gasteiger partial charge in [0.25, 0.3) is 10.1 Å². The van der Waals surface area contributed by atoms with E-state index in [9.17, 15) is 22.6 Å². The second kappa shape index (κ2) is 14.0. The first kappa shape index (κ1) is 34.3. The third kappa shape index (κ3) is 7.93. The molecule has 0 aliphatic heterocycles. The van der Waals surface area contributed by atoms with Gasteiger partial charge < -0.3 is 16.6 Å². The van der Waals surface area contributed by atoms with E-state index < -0.39 is 26.8 Å². The van der Waals surface area contributed by atoms with E-state index in [1.54, 1.807) is 44.2 Å². The third-order valence-corrected chi connectivity index (χ3v) is 8.50. The average Bonchev–Trinajstić information content (AvgIpc) is 3.06. The SMILES string of the molecule is Cc1cc(N=Nc2c(N)c(C)cc(N=Nc3ccc(-c4ccc(N/N=C5/C=CC(=O)C(C(=O)O)=C5)cc4)cc3)c2N)c(S(=O)(=O)O)cc1Cl. The lowest BCUT2D eigenvalue weighted by Crippen LogP contribution is -2.15. The van der Waals surface area contributed by atoms with Gasteiger partial charge in [-0.1, -0.05) is 35.9 Å². The number of hydrazone groups is 1. The summed E-state index contributed by atoms with van der Waals surface area (Å²) in [7, 11) is -4.66. The van der Waals surface area contributed by atoms with Crippen LogP contribution in [-0.2, 0) is 19.7 Å². The van der Waals surface area contributed by atoms with Crippen LogP contribution in [0.5, 0.6) is 0 Å². The number of nitrogen functional groups attached to an aromatic ring is 2. The number of nitrogens with two attached hydrogens (primary N) is 2. The fourth-order valence-corrected chi connectivity index (χ4v) is 5.35. The van der Waals surface area contributed by atoms with Crippen molar-refractivity contribution in [1.29, 1.82) is 0 Å². The molecule has 5 rings (SSSR count). The molecule has 0 bridgehead atoms. The summed E-state index contributed by atoms with van der Waals surface area (Å²) in [6.07, 6.45) is 3.78. The molecule has 0 saturated carbocycles. The zero-order valence-corrected chi connectivity index (χ0v) is 27.4. The van der Waals surface area contributed by atoms with Crippen molar-refractivity contribution >= 4 is 79.0 Å². The van der Waals surface area contributed by atoms with Gasteiger partial charge in [-0.05, 0) is 96.8 Å². The molecule has 0 radical (unpaired) electrons. The number of halogens is 1. The number of ketones is 1. The summed E-state index contributed by atoms with van der Waals surface area (Å²) in [5, 5.41) is 30.1. The summed E-state index contributed by atoms with van der Waals surface area (Å²) in [4.78, 5) is 22.3. The van der Waals surface area contributed by atoms with Gasteiger partial charge in [-0.15, -0.1) is 15.3 Å². The van der Waals surface area contributed by atoms with E-state index in [2.05, 4.69) is 31.0 Å². The first-order valence-corrected chi connectivity index (χ1v) is 16.0.